The molecule has 1 N–H and O–H groups in total. The zero-order valence-corrected chi connectivity index (χ0v) is 12.8. The lowest BCUT2D eigenvalue weighted by atomic mass is 9.77. The summed E-state index contributed by atoms with van der Waals surface area (Å²) >= 11 is 2.03. The third-order valence-electron chi connectivity index (χ3n) is 5.46. The lowest BCUT2D eigenvalue weighted by molar-refractivity contribution is -0.110. The monoisotopic (exact) mass is 284 g/mol. The normalized spacial score (nSPS) is 39.3. The zero-order chi connectivity index (χ0) is 13.1. The van der Waals surface area contributed by atoms with Gasteiger partial charge in [0.05, 0.1) is 11.7 Å². The predicted octanol–water partition coefficient (Wildman–Crippen LogP) is 3.62. The van der Waals surface area contributed by atoms with Crippen molar-refractivity contribution < 1.29 is 9.84 Å². The molecule has 3 atom stereocenters. The van der Waals surface area contributed by atoms with Crippen LogP contribution in [-0.2, 0) is 4.74 Å². The van der Waals surface area contributed by atoms with Crippen LogP contribution in [-0.4, -0.2) is 34.9 Å². The molecular formula is C16H28O2S. The molecule has 0 aromatic heterocycles. The number of hydrogen-bond donors (Lipinski definition) is 1. The number of hydrogen-bond acceptors (Lipinski definition) is 3. The summed E-state index contributed by atoms with van der Waals surface area (Å²) in [5.41, 5.74) is 0.124. The second kappa shape index (κ2) is 6.36. The van der Waals surface area contributed by atoms with Crippen LogP contribution in [0.1, 0.15) is 57.8 Å². The number of aliphatic hydroxyl groups excluding tert-OH is 1. The zero-order valence-electron chi connectivity index (χ0n) is 12.0. The molecule has 2 aliphatic heterocycles. The van der Waals surface area contributed by atoms with Crippen molar-refractivity contribution in [2.45, 2.75) is 69.5 Å². The van der Waals surface area contributed by atoms with Crippen molar-refractivity contribution in [3.63, 3.8) is 0 Å². The second-order valence-electron chi connectivity index (χ2n) is 6.83. The van der Waals surface area contributed by atoms with Gasteiger partial charge in [-0.2, -0.15) is 11.8 Å². The Balaban J connectivity index is 1.60. The van der Waals surface area contributed by atoms with E-state index in [1.807, 2.05) is 11.8 Å². The number of rotatable bonds is 2. The highest BCUT2D eigenvalue weighted by molar-refractivity contribution is 7.99. The Morgan fingerprint density at radius 3 is 2.53 bits per heavy atom. The second-order valence-corrected chi connectivity index (χ2v) is 7.93. The van der Waals surface area contributed by atoms with E-state index in [-0.39, 0.29) is 11.7 Å². The van der Waals surface area contributed by atoms with E-state index in [0.717, 1.165) is 25.2 Å². The van der Waals surface area contributed by atoms with E-state index >= 15 is 0 Å². The molecule has 2 saturated heterocycles. The van der Waals surface area contributed by atoms with E-state index in [1.165, 1.54) is 50.7 Å². The lowest BCUT2D eigenvalue weighted by Gasteiger charge is -2.41. The highest BCUT2D eigenvalue weighted by Crippen LogP contribution is 2.43. The minimum Gasteiger partial charge on any atom is -0.393 e. The van der Waals surface area contributed by atoms with E-state index < -0.39 is 0 Å². The van der Waals surface area contributed by atoms with Crippen LogP contribution in [0.5, 0.6) is 0 Å². The van der Waals surface area contributed by atoms with Crippen LogP contribution in [0.4, 0.5) is 0 Å². The Kier molecular flexibility index (Phi) is 4.76. The molecular weight excluding hydrogens is 256 g/mol. The summed E-state index contributed by atoms with van der Waals surface area (Å²) in [7, 11) is 0. The standard InChI is InChI=1S/C16H28O2S/c17-15(13-5-3-1-2-4-6-13)14-7-9-18-16(11-14)8-10-19-12-16/h13-15,17H,1-12H2. The number of ether oxygens (including phenoxy) is 1. The first-order valence-corrected chi connectivity index (χ1v) is 9.34. The smallest absolute Gasteiger partial charge is 0.0783 e. The molecule has 3 heteroatoms. The van der Waals surface area contributed by atoms with Crippen LogP contribution in [0, 0.1) is 11.8 Å². The van der Waals surface area contributed by atoms with Crippen LogP contribution in [0.2, 0.25) is 0 Å². The Morgan fingerprint density at radius 2 is 1.84 bits per heavy atom. The molecule has 1 spiro atoms. The van der Waals surface area contributed by atoms with Gasteiger partial charge in [0.2, 0.25) is 0 Å². The molecule has 3 fully saturated rings. The van der Waals surface area contributed by atoms with Gasteiger partial charge in [-0.05, 0) is 49.7 Å². The van der Waals surface area contributed by atoms with Crippen LogP contribution >= 0.6 is 11.8 Å². The first-order valence-electron chi connectivity index (χ1n) is 8.19. The third kappa shape index (κ3) is 3.30. The van der Waals surface area contributed by atoms with Gasteiger partial charge in [0.1, 0.15) is 0 Å². The minimum absolute atomic E-state index is 0.0653. The molecule has 19 heavy (non-hydrogen) atoms. The molecule has 3 unspecified atom stereocenters. The lowest BCUT2D eigenvalue weighted by Crippen LogP contribution is -2.44. The Morgan fingerprint density at radius 1 is 1.05 bits per heavy atom. The Labute approximate surface area is 121 Å². The summed E-state index contributed by atoms with van der Waals surface area (Å²) in [5.74, 6) is 3.46. The Hall–Kier alpha value is 0.270. The van der Waals surface area contributed by atoms with Gasteiger partial charge in [0.15, 0.2) is 0 Å². The van der Waals surface area contributed by atoms with Crippen molar-refractivity contribution in [1.82, 2.24) is 0 Å². The van der Waals surface area contributed by atoms with E-state index in [4.69, 9.17) is 4.74 Å². The fourth-order valence-electron chi connectivity index (χ4n) is 4.26. The van der Waals surface area contributed by atoms with Gasteiger partial charge in [-0.25, -0.2) is 0 Å². The van der Waals surface area contributed by atoms with Crippen LogP contribution in [0.25, 0.3) is 0 Å². The highest BCUT2D eigenvalue weighted by Gasteiger charge is 2.43. The third-order valence-corrected chi connectivity index (χ3v) is 6.69. The molecule has 2 nitrogen and oxygen atoms in total. The molecule has 0 amide bonds. The topological polar surface area (TPSA) is 29.5 Å². The van der Waals surface area contributed by atoms with Crippen LogP contribution < -0.4 is 0 Å². The average molecular weight is 284 g/mol. The molecule has 0 aromatic carbocycles. The molecule has 1 saturated carbocycles. The van der Waals surface area contributed by atoms with Gasteiger partial charge in [0.25, 0.3) is 0 Å². The first kappa shape index (κ1) is 14.2. The van der Waals surface area contributed by atoms with Crippen LogP contribution in [0.15, 0.2) is 0 Å². The molecule has 3 rings (SSSR count). The minimum atomic E-state index is -0.0653. The highest BCUT2D eigenvalue weighted by atomic mass is 32.2. The predicted molar refractivity (Wildman–Crippen MR) is 80.5 cm³/mol. The number of thioether (sulfide) groups is 1. The quantitative estimate of drug-likeness (QED) is 0.785. The molecule has 0 radical (unpaired) electrons. The van der Waals surface area contributed by atoms with Crippen molar-refractivity contribution in [3.8, 4) is 0 Å². The first-order chi connectivity index (χ1) is 9.29. The maximum Gasteiger partial charge on any atom is 0.0783 e. The van der Waals surface area contributed by atoms with Gasteiger partial charge in [-0.1, -0.05) is 25.7 Å². The molecule has 110 valence electrons. The van der Waals surface area contributed by atoms with E-state index in [9.17, 15) is 5.11 Å². The molecule has 0 bridgehead atoms. The molecule has 3 aliphatic rings. The van der Waals surface area contributed by atoms with Crippen molar-refractivity contribution in [1.29, 1.82) is 0 Å². The summed E-state index contributed by atoms with van der Waals surface area (Å²) in [4.78, 5) is 0. The van der Waals surface area contributed by atoms with Crippen molar-refractivity contribution in [2.75, 3.05) is 18.1 Å². The molecule has 2 heterocycles. The maximum atomic E-state index is 10.8. The fraction of sp³-hybridized carbons (Fsp3) is 1.00. The van der Waals surface area contributed by atoms with E-state index in [0.29, 0.717) is 11.8 Å². The largest absolute Gasteiger partial charge is 0.393 e. The van der Waals surface area contributed by atoms with Gasteiger partial charge in [0, 0.05) is 12.4 Å². The van der Waals surface area contributed by atoms with Gasteiger partial charge in [-0.3, -0.25) is 0 Å². The molecule has 1 aliphatic carbocycles. The van der Waals surface area contributed by atoms with Crippen LogP contribution in [0.3, 0.4) is 0 Å². The van der Waals surface area contributed by atoms with E-state index in [2.05, 4.69) is 0 Å². The number of aliphatic hydroxyl groups is 1. The fourth-order valence-corrected chi connectivity index (χ4v) is 5.64. The summed E-state index contributed by atoms with van der Waals surface area (Å²) < 4.78 is 6.09. The summed E-state index contributed by atoms with van der Waals surface area (Å²) in [5, 5.41) is 10.8. The molecule has 0 aromatic rings. The van der Waals surface area contributed by atoms with Gasteiger partial charge in [-0.15, -0.1) is 0 Å². The van der Waals surface area contributed by atoms with Gasteiger partial charge < -0.3 is 9.84 Å². The van der Waals surface area contributed by atoms with Crippen molar-refractivity contribution in [3.05, 3.63) is 0 Å². The maximum absolute atomic E-state index is 10.8. The average Bonchev–Trinajstić information content (AvgIpc) is 2.72. The Bertz CT molecular complexity index is 280. The van der Waals surface area contributed by atoms with E-state index in [1.54, 1.807) is 0 Å². The van der Waals surface area contributed by atoms with Gasteiger partial charge >= 0.3 is 0 Å². The summed E-state index contributed by atoms with van der Waals surface area (Å²) in [6.45, 7) is 0.870. The summed E-state index contributed by atoms with van der Waals surface area (Å²) in [6.07, 6.45) is 11.2. The van der Waals surface area contributed by atoms with Crippen molar-refractivity contribution in [2.24, 2.45) is 11.8 Å². The SMILES string of the molecule is OC(C1CCCCCC1)C1CCOC2(CCSC2)C1. The van der Waals surface area contributed by atoms with Crippen molar-refractivity contribution >= 4 is 11.8 Å². The summed E-state index contributed by atoms with van der Waals surface area (Å²) in [6, 6.07) is 0.